The molecule has 0 bridgehead atoms. The van der Waals surface area contributed by atoms with E-state index in [4.69, 9.17) is 44.3 Å². The minimum absolute atomic E-state index is 0.00136. The molecule has 4 aliphatic rings. The molecule has 52 heavy (non-hydrogen) atoms. The number of aromatic hydroxyl groups is 1. The second-order valence-electron chi connectivity index (χ2n) is 13.2. The first-order valence-corrected chi connectivity index (χ1v) is 17.5. The Bertz CT molecular complexity index is 2070. The largest absolute Gasteiger partial charge is 0.503 e. The van der Waals surface area contributed by atoms with Gasteiger partial charge in [-0.25, -0.2) is 0 Å². The second-order valence-corrected chi connectivity index (χ2v) is 14.5. The number of hydrazine groups is 1. The Hall–Kier alpha value is -4.78. The molecule has 2 aliphatic heterocycles. The molecule has 6 atom stereocenters. The molecule has 4 amide bonds. The lowest BCUT2D eigenvalue weighted by Crippen LogP contribution is -2.53. The maximum absolute atomic E-state index is 15.3. The Kier molecular flexibility index (Phi) is 9.13. The zero-order chi connectivity index (χ0) is 37.2. The van der Waals surface area contributed by atoms with Crippen molar-refractivity contribution in [1.82, 2.24) is 9.91 Å². The Balaban J connectivity index is 1.46. The number of phenols is 1. The number of allylic oxidation sites excluding steroid dienone is 2. The number of nitrogens with zero attached hydrogens (tertiary/aromatic N) is 2. The van der Waals surface area contributed by atoms with E-state index in [1.165, 1.54) is 32.4 Å². The molecule has 15 heteroatoms. The van der Waals surface area contributed by atoms with E-state index < -0.39 is 71.0 Å². The number of aliphatic carboxylic acids is 1. The van der Waals surface area contributed by atoms with Crippen molar-refractivity contribution in [3.8, 4) is 17.2 Å². The number of amides is 4. The van der Waals surface area contributed by atoms with E-state index in [1.54, 1.807) is 36.4 Å². The lowest BCUT2D eigenvalue weighted by molar-refractivity contribution is -0.143. The molecule has 2 heterocycles. The Morgan fingerprint density at radius 3 is 2.31 bits per heavy atom. The number of carboxylic acid groups (broad SMARTS) is 1. The summed E-state index contributed by atoms with van der Waals surface area (Å²) in [6, 6.07) is 14.4. The summed E-state index contributed by atoms with van der Waals surface area (Å²) in [6.45, 7) is -0.285. The van der Waals surface area contributed by atoms with Crippen LogP contribution in [-0.2, 0) is 29.4 Å². The third-order valence-corrected chi connectivity index (χ3v) is 11.7. The van der Waals surface area contributed by atoms with E-state index in [-0.39, 0.29) is 46.6 Å². The fourth-order valence-electron chi connectivity index (χ4n) is 8.63. The summed E-state index contributed by atoms with van der Waals surface area (Å²) in [4.78, 5) is 70.3. The normalized spacial score (nSPS) is 26.5. The number of halogens is 3. The molecule has 3 fully saturated rings. The summed E-state index contributed by atoms with van der Waals surface area (Å²) in [7, 11) is 2.86. The van der Waals surface area contributed by atoms with E-state index in [9.17, 15) is 29.4 Å². The van der Waals surface area contributed by atoms with E-state index in [0.717, 1.165) is 9.91 Å². The van der Waals surface area contributed by atoms with Crippen LogP contribution in [0, 0.1) is 23.7 Å². The molecule has 0 unspecified atom stereocenters. The first-order valence-electron chi connectivity index (χ1n) is 16.4. The van der Waals surface area contributed by atoms with E-state index >= 15 is 4.79 Å². The number of phenolic OH excluding ortho intramolecular Hbond substituents is 1. The molecule has 3 aromatic carbocycles. The molecular formula is C37H32Cl3N3O9. The van der Waals surface area contributed by atoms with Crippen LogP contribution in [0.1, 0.15) is 36.3 Å². The highest BCUT2D eigenvalue weighted by Gasteiger charge is 2.70. The van der Waals surface area contributed by atoms with Gasteiger partial charge in [0.1, 0.15) is 5.75 Å². The molecule has 2 saturated heterocycles. The molecule has 3 N–H and O–H groups in total. The zero-order valence-corrected chi connectivity index (χ0v) is 30.0. The number of ether oxygens (including phenoxy) is 2. The van der Waals surface area contributed by atoms with Crippen molar-refractivity contribution in [2.75, 3.05) is 26.2 Å². The standard InChI is InChI=1S/C37H32Cl3N3O9/c1-51-20-6-3-18(4-7-20)37-24(34(48)43(36(37)50)41-27-10-5-19(38)15-25(27)39)16-23-21(31(37)17-13-26(40)32(46)28(14-17)52-2)8-9-22-30(23)35(49)42(33(22)47)12-11-29(44)45/h3-8,10,13-15,22-24,30-31,41,46H,9,11-12,16H2,1-2H3,(H,44,45)/t22-,23+,24-,30-,31-,37+/m0/s1. The number of carboxylic acids is 1. The molecule has 2 aliphatic carbocycles. The number of nitrogens with one attached hydrogen (secondary N) is 1. The molecule has 270 valence electrons. The number of hydrogen-bond donors (Lipinski definition) is 3. The Morgan fingerprint density at radius 1 is 0.923 bits per heavy atom. The van der Waals surface area contributed by atoms with E-state index in [2.05, 4.69) is 5.43 Å². The van der Waals surface area contributed by atoms with Crippen LogP contribution in [-0.4, -0.2) is 70.5 Å². The van der Waals surface area contributed by atoms with Crippen molar-refractivity contribution in [3.63, 3.8) is 0 Å². The summed E-state index contributed by atoms with van der Waals surface area (Å²) < 4.78 is 10.9. The van der Waals surface area contributed by atoms with Crippen LogP contribution in [0.15, 0.2) is 66.2 Å². The number of benzene rings is 3. The highest BCUT2D eigenvalue weighted by Crippen LogP contribution is 2.64. The summed E-state index contributed by atoms with van der Waals surface area (Å²) in [5.41, 5.74) is 3.02. The van der Waals surface area contributed by atoms with E-state index in [1.807, 2.05) is 6.08 Å². The van der Waals surface area contributed by atoms with Crippen LogP contribution in [0.4, 0.5) is 5.69 Å². The number of methoxy groups -OCH3 is 2. The molecular weight excluding hydrogens is 737 g/mol. The molecule has 12 nitrogen and oxygen atoms in total. The monoisotopic (exact) mass is 767 g/mol. The number of carbonyl (C=O) groups excluding carboxylic acids is 4. The van der Waals surface area contributed by atoms with Gasteiger partial charge in [0.15, 0.2) is 11.5 Å². The molecule has 7 rings (SSSR count). The summed E-state index contributed by atoms with van der Waals surface area (Å²) in [5, 5.41) is 21.4. The molecule has 0 spiro atoms. The SMILES string of the molecule is COc1ccc([C@@]23C(=O)N(Nc4ccc(Cl)cc4Cl)C(=O)[C@@H]2C[C@@H]2C(=CC[C@@H]4C(=O)N(CCC(=O)O)C(=O)[C@@H]42)[C@@H]3c2cc(Cl)c(O)c(OC)c2)cc1. The summed E-state index contributed by atoms with van der Waals surface area (Å²) in [5.74, 6) is -7.66. The average Bonchev–Trinajstić information content (AvgIpc) is 3.49. The van der Waals surface area contributed by atoms with Crippen molar-refractivity contribution < 1.29 is 43.7 Å². The van der Waals surface area contributed by atoms with Gasteiger partial charge in [0, 0.05) is 17.5 Å². The lowest BCUT2D eigenvalue weighted by Gasteiger charge is -2.50. The Labute approximate surface area is 312 Å². The van der Waals surface area contributed by atoms with Gasteiger partial charge in [0.05, 0.1) is 59.5 Å². The molecule has 0 radical (unpaired) electrons. The van der Waals surface area contributed by atoms with Gasteiger partial charge >= 0.3 is 5.97 Å². The maximum Gasteiger partial charge on any atom is 0.305 e. The quantitative estimate of drug-likeness (QED) is 0.178. The van der Waals surface area contributed by atoms with Crippen molar-refractivity contribution >= 4 is 70.1 Å². The van der Waals surface area contributed by atoms with Gasteiger partial charge in [-0.15, -0.1) is 0 Å². The van der Waals surface area contributed by atoms with Gasteiger partial charge in [0.25, 0.3) is 11.8 Å². The van der Waals surface area contributed by atoms with Crippen molar-refractivity contribution in [3.05, 3.63) is 92.4 Å². The zero-order valence-electron chi connectivity index (χ0n) is 27.8. The number of fused-ring (bicyclic) bond motifs is 4. The first kappa shape index (κ1) is 35.6. The van der Waals surface area contributed by atoms with Crippen LogP contribution in [0.3, 0.4) is 0 Å². The molecule has 0 aromatic heterocycles. The summed E-state index contributed by atoms with van der Waals surface area (Å²) in [6.07, 6.45) is 1.57. The predicted molar refractivity (Wildman–Crippen MR) is 189 cm³/mol. The number of anilines is 1. The third-order valence-electron chi connectivity index (χ3n) is 10.8. The highest BCUT2D eigenvalue weighted by atomic mass is 35.5. The summed E-state index contributed by atoms with van der Waals surface area (Å²) >= 11 is 19.2. The minimum atomic E-state index is -1.66. The van der Waals surface area contributed by atoms with Gasteiger partial charge in [0.2, 0.25) is 11.8 Å². The van der Waals surface area contributed by atoms with E-state index in [0.29, 0.717) is 27.5 Å². The number of likely N-dealkylation sites (tertiary alicyclic amines) is 1. The number of imide groups is 2. The fraction of sp³-hybridized carbons (Fsp3) is 0.324. The lowest BCUT2D eigenvalue weighted by atomic mass is 9.49. The topological polar surface area (TPSA) is 163 Å². The second kappa shape index (κ2) is 13.3. The number of hydrogen-bond acceptors (Lipinski definition) is 9. The van der Waals surface area contributed by atoms with Crippen molar-refractivity contribution in [1.29, 1.82) is 0 Å². The molecule has 1 saturated carbocycles. The third kappa shape index (κ3) is 5.38. The van der Waals surface area contributed by atoms with Gasteiger partial charge in [-0.3, -0.25) is 34.3 Å². The van der Waals surface area contributed by atoms with Crippen LogP contribution < -0.4 is 14.9 Å². The van der Waals surface area contributed by atoms with Gasteiger partial charge in [-0.05, 0) is 72.4 Å². The fourth-order valence-corrected chi connectivity index (χ4v) is 9.30. The van der Waals surface area contributed by atoms with Crippen LogP contribution in [0.25, 0.3) is 0 Å². The maximum atomic E-state index is 15.3. The highest BCUT2D eigenvalue weighted by molar-refractivity contribution is 6.36. The smallest absolute Gasteiger partial charge is 0.305 e. The first-order chi connectivity index (χ1) is 24.8. The number of carbonyl (C=O) groups is 5. The van der Waals surface area contributed by atoms with Gasteiger partial charge in [-0.1, -0.05) is 58.6 Å². The van der Waals surface area contributed by atoms with Gasteiger partial charge in [-0.2, -0.15) is 5.01 Å². The predicted octanol–water partition coefficient (Wildman–Crippen LogP) is 5.83. The number of rotatable bonds is 9. The van der Waals surface area contributed by atoms with Crippen LogP contribution in [0.2, 0.25) is 15.1 Å². The van der Waals surface area contributed by atoms with Gasteiger partial charge < -0.3 is 19.7 Å². The average molecular weight is 769 g/mol. The van der Waals surface area contributed by atoms with Crippen molar-refractivity contribution in [2.45, 2.75) is 30.6 Å². The van der Waals surface area contributed by atoms with Crippen LogP contribution >= 0.6 is 34.8 Å². The van der Waals surface area contributed by atoms with Crippen LogP contribution in [0.5, 0.6) is 17.2 Å². The molecule has 3 aromatic rings. The van der Waals surface area contributed by atoms with Crippen molar-refractivity contribution in [2.24, 2.45) is 23.7 Å². The Morgan fingerprint density at radius 2 is 1.65 bits per heavy atom. The minimum Gasteiger partial charge on any atom is -0.503 e.